The van der Waals surface area contributed by atoms with Gasteiger partial charge in [-0.05, 0) is 18.6 Å². The van der Waals surface area contributed by atoms with Gasteiger partial charge in [0.25, 0.3) is 0 Å². The van der Waals surface area contributed by atoms with Crippen molar-refractivity contribution in [2.24, 2.45) is 0 Å². The molecule has 1 unspecified atom stereocenters. The fraction of sp³-hybridized carbons (Fsp3) is 0.417. The minimum Gasteiger partial charge on any atom is -0.449 e. The van der Waals surface area contributed by atoms with E-state index in [2.05, 4.69) is 0 Å². The van der Waals surface area contributed by atoms with E-state index < -0.39 is 0 Å². The Bertz CT molecular complexity index is 351. The fourth-order valence-electron chi connectivity index (χ4n) is 1.96. The second kappa shape index (κ2) is 4.99. The van der Waals surface area contributed by atoms with Crippen LogP contribution >= 0.6 is 0 Å². The van der Waals surface area contributed by atoms with Crippen molar-refractivity contribution in [1.29, 1.82) is 0 Å². The Labute approximate surface area is 94.4 Å². The highest BCUT2D eigenvalue weighted by molar-refractivity contribution is 5.88. The van der Waals surface area contributed by atoms with Gasteiger partial charge in [0.1, 0.15) is 0 Å². The number of aliphatic hydroxyl groups excluding tert-OH is 1. The standard InChI is InChI=1S/C12H15NO3/c14-8-6-11-7-9-16-12(15)13(11)10-4-2-1-3-5-10/h1-5,11,14H,6-9H2. The van der Waals surface area contributed by atoms with E-state index in [4.69, 9.17) is 9.84 Å². The van der Waals surface area contributed by atoms with Crippen molar-refractivity contribution in [3.63, 3.8) is 0 Å². The van der Waals surface area contributed by atoms with Crippen LogP contribution < -0.4 is 4.90 Å². The third kappa shape index (κ3) is 2.17. The number of rotatable bonds is 3. The topological polar surface area (TPSA) is 49.8 Å². The molecule has 1 N–H and O–H groups in total. The monoisotopic (exact) mass is 221 g/mol. The van der Waals surface area contributed by atoms with E-state index in [1.165, 1.54) is 0 Å². The fourth-order valence-corrected chi connectivity index (χ4v) is 1.96. The van der Waals surface area contributed by atoms with Crippen LogP contribution in [-0.4, -0.2) is 30.5 Å². The molecule has 1 heterocycles. The van der Waals surface area contributed by atoms with Crippen molar-refractivity contribution < 1.29 is 14.6 Å². The predicted octanol–water partition coefficient (Wildman–Crippen LogP) is 1.78. The lowest BCUT2D eigenvalue weighted by molar-refractivity contribution is 0.124. The molecular weight excluding hydrogens is 206 g/mol. The van der Waals surface area contributed by atoms with Crippen molar-refractivity contribution in [3.8, 4) is 0 Å². The van der Waals surface area contributed by atoms with E-state index in [1.54, 1.807) is 4.90 Å². The van der Waals surface area contributed by atoms with Gasteiger partial charge in [-0.2, -0.15) is 0 Å². The number of carbonyl (C=O) groups excluding carboxylic acids is 1. The van der Waals surface area contributed by atoms with Gasteiger partial charge < -0.3 is 9.84 Å². The second-order valence-corrected chi connectivity index (χ2v) is 3.77. The average molecular weight is 221 g/mol. The molecule has 0 spiro atoms. The molecule has 1 aromatic rings. The quantitative estimate of drug-likeness (QED) is 0.846. The zero-order valence-electron chi connectivity index (χ0n) is 9.00. The lowest BCUT2D eigenvalue weighted by Crippen LogP contribution is -2.46. The number of para-hydroxylation sites is 1. The summed E-state index contributed by atoms with van der Waals surface area (Å²) >= 11 is 0. The average Bonchev–Trinajstić information content (AvgIpc) is 2.31. The first-order valence-corrected chi connectivity index (χ1v) is 5.45. The molecule has 0 radical (unpaired) electrons. The molecule has 4 heteroatoms. The van der Waals surface area contributed by atoms with Crippen molar-refractivity contribution in [2.45, 2.75) is 18.9 Å². The van der Waals surface area contributed by atoms with Crippen LogP contribution in [0.4, 0.5) is 10.5 Å². The number of aliphatic hydroxyl groups is 1. The maximum atomic E-state index is 11.7. The van der Waals surface area contributed by atoms with Crippen molar-refractivity contribution >= 4 is 11.8 Å². The highest BCUT2D eigenvalue weighted by Gasteiger charge is 2.30. The maximum absolute atomic E-state index is 11.7. The molecule has 1 amide bonds. The minimum absolute atomic E-state index is 0.0358. The molecule has 4 nitrogen and oxygen atoms in total. The molecule has 2 rings (SSSR count). The Kier molecular flexibility index (Phi) is 3.41. The Morgan fingerprint density at radius 1 is 1.38 bits per heavy atom. The molecular formula is C12H15NO3. The number of carbonyl (C=O) groups is 1. The van der Waals surface area contributed by atoms with Gasteiger partial charge >= 0.3 is 6.09 Å². The summed E-state index contributed by atoms with van der Waals surface area (Å²) in [5.41, 5.74) is 0.825. The smallest absolute Gasteiger partial charge is 0.414 e. The Hall–Kier alpha value is -1.55. The predicted molar refractivity (Wildman–Crippen MR) is 60.4 cm³/mol. The number of amides is 1. The van der Waals surface area contributed by atoms with Gasteiger partial charge in [-0.15, -0.1) is 0 Å². The van der Waals surface area contributed by atoms with Gasteiger partial charge in [0, 0.05) is 24.8 Å². The van der Waals surface area contributed by atoms with Crippen LogP contribution in [0.5, 0.6) is 0 Å². The summed E-state index contributed by atoms with van der Waals surface area (Å²) in [5.74, 6) is 0. The molecule has 1 aliphatic heterocycles. The van der Waals surface area contributed by atoms with Gasteiger partial charge in [0.05, 0.1) is 6.61 Å². The molecule has 0 aromatic heterocycles. The number of hydrogen-bond acceptors (Lipinski definition) is 3. The Morgan fingerprint density at radius 3 is 2.81 bits per heavy atom. The maximum Gasteiger partial charge on any atom is 0.414 e. The van der Waals surface area contributed by atoms with Crippen LogP contribution in [0.3, 0.4) is 0 Å². The van der Waals surface area contributed by atoms with Crippen LogP contribution in [0.1, 0.15) is 12.8 Å². The van der Waals surface area contributed by atoms with Crippen LogP contribution in [0.2, 0.25) is 0 Å². The van der Waals surface area contributed by atoms with Crippen molar-refractivity contribution in [3.05, 3.63) is 30.3 Å². The number of cyclic esters (lactones) is 1. The number of hydrogen-bond donors (Lipinski definition) is 1. The Morgan fingerprint density at radius 2 is 2.12 bits per heavy atom. The van der Waals surface area contributed by atoms with Crippen LogP contribution in [-0.2, 0) is 4.74 Å². The first-order valence-electron chi connectivity index (χ1n) is 5.45. The Balaban J connectivity index is 2.23. The zero-order chi connectivity index (χ0) is 11.4. The molecule has 1 saturated heterocycles. The van der Waals surface area contributed by atoms with E-state index in [1.807, 2.05) is 30.3 Å². The number of anilines is 1. The normalized spacial score (nSPS) is 20.7. The van der Waals surface area contributed by atoms with Crippen LogP contribution in [0.15, 0.2) is 30.3 Å². The van der Waals surface area contributed by atoms with Crippen LogP contribution in [0.25, 0.3) is 0 Å². The number of benzene rings is 1. The first kappa shape index (κ1) is 11.0. The highest BCUT2D eigenvalue weighted by Crippen LogP contribution is 2.24. The van der Waals surface area contributed by atoms with E-state index in [9.17, 15) is 4.79 Å². The summed E-state index contributed by atoms with van der Waals surface area (Å²) in [7, 11) is 0. The van der Waals surface area contributed by atoms with Crippen LogP contribution in [0, 0.1) is 0 Å². The highest BCUT2D eigenvalue weighted by atomic mass is 16.6. The molecule has 0 saturated carbocycles. The molecule has 1 aliphatic rings. The number of nitrogens with zero attached hydrogens (tertiary/aromatic N) is 1. The van der Waals surface area contributed by atoms with E-state index in [0.717, 1.165) is 12.1 Å². The van der Waals surface area contributed by atoms with Crippen molar-refractivity contribution in [1.82, 2.24) is 0 Å². The summed E-state index contributed by atoms with van der Waals surface area (Å²) in [6, 6.07) is 9.45. The molecule has 86 valence electrons. The summed E-state index contributed by atoms with van der Waals surface area (Å²) in [5, 5.41) is 8.99. The molecule has 0 bridgehead atoms. The van der Waals surface area contributed by atoms with Gasteiger partial charge in [0.15, 0.2) is 0 Å². The third-order valence-corrected chi connectivity index (χ3v) is 2.74. The van der Waals surface area contributed by atoms with E-state index >= 15 is 0 Å². The van der Waals surface area contributed by atoms with Gasteiger partial charge in [-0.3, -0.25) is 4.90 Å². The summed E-state index contributed by atoms with van der Waals surface area (Å²) in [6.07, 6.45) is 1.03. The molecule has 0 aliphatic carbocycles. The molecule has 1 atom stereocenters. The SMILES string of the molecule is O=C1OCCC(CCO)N1c1ccccc1. The summed E-state index contributed by atoms with van der Waals surface area (Å²) in [6.45, 7) is 0.522. The lowest BCUT2D eigenvalue weighted by atomic mass is 10.1. The number of ether oxygens (including phenoxy) is 1. The van der Waals surface area contributed by atoms with Gasteiger partial charge in [-0.25, -0.2) is 4.79 Å². The minimum atomic E-state index is -0.323. The zero-order valence-corrected chi connectivity index (χ0v) is 9.00. The summed E-state index contributed by atoms with van der Waals surface area (Å²) < 4.78 is 5.03. The van der Waals surface area contributed by atoms with E-state index in [0.29, 0.717) is 13.0 Å². The molecule has 1 aromatic carbocycles. The first-order chi connectivity index (χ1) is 7.83. The largest absolute Gasteiger partial charge is 0.449 e. The molecule has 16 heavy (non-hydrogen) atoms. The second-order valence-electron chi connectivity index (χ2n) is 3.77. The van der Waals surface area contributed by atoms with Crippen molar-refractivity contribution in [2.75, 3.05) is 18.1 Å². The lowest BCUT2D eigenvalue weighted by Gasteiger charge is -2.34. The van der Waals surface area contributed by atoms with Gasteiger partial charge in [-0.1, -0.05) is 18.2 Å². The molecule has 1 fully saturated rings. The van der Waals surface area contributed by atoms with E-state index in [-0.39, 0.29) is 18.7 Å². The third-order valence-electron chi connectivity index (χ3n) is 2.74. The van der Waals surface area contributed by atoms with Gasteiger partial charge in [0.2, 0.25) is 0 Å². The summed E-state index contributed by atoms with van der Waals surface area (Å²) in [4.78, 5) is 13.3.